The van der Waals surface area contributed by atoms with E-state index in [1.54, 1.807) is 0 Å². The van der Waals surface area contributed by atoms with Crippen LogP contribution in [0.25, 0.3) is 0 Å². The standard InChI is InChI=1S/C15H25NO/c1-5-10-16-13(4)14-8-6-7-9-15(14)17-11-12(2)3/h6-9,12-13,16H,5,10-11H2,1-4H3/t13-/m0/s1. The second-order valence-corrected chi connectivity index (χ2v) is 4.92. The summed E-state index contributed by atoms with van der Waals surface area (Å²) >= 11 is 0. The van der Waals surface area contributed by atoms with Crippen LogP contribution in [-0.2, 0) is 0 Å². The Bertz CT molecular complexity index is 322. The first-order valence-corrected chi connectivity index (χ1v) is 6.60. The van der Waals surface area contributed by atoms with Crippen molar-refractivity contribution < 1.29 is 4.74 Å². The van der Waals surface area contributed by atoms with Crippen LogP contribution in [0.1, 0.15) is 45.7 Å². The van der Waals surface area contributed by atoms with E-state index in [-0.39, 0.29) is 0 Å². The molecule has 1 aromatic carbocycles. The van der Waals surface area contributed by atoms with Gasteiger partial charge in [0.25, 0.3) is 0 Å². The van der Waals surface area contributed by atoms with Crippen LogP contribution in [0.3, 0.4) is 0 Å². The first-order valence-electron chi connectivity index (χ1n) is 6.60. The van der Waals surface area contributed by atoms with Crippen molar-refractivity contribution in [2.45, 2.75) is 40.2 Å². The normalized spacial score (nSPS) is 12.8. The highest BCUT2D eigenvalue weighted by Gasteiger charge is 2.10. The van der Waals surface area contributed by atoms with Crippen molar-refractivity contribution in [3.63, 3.8) is 0 Å². The fraction of sp³-hybridized carbons (Fsp3) is 0.600. The third-order valence-electron chi connectivity index (χ3n) is 2.66. The van der Waals surface area contributed by atoms with Gasteiger partial charge in [-0.2, -0.15) is 0 Å². The topological polar surface area (TPSA) is 21.3 Å². The van der Waals surface area contributed by atoms with Crippen LogP contribution in [-0.4, -0.2) is 13.2 Å². The Morgan fingerprint density at radius 1 is 1.18 bits per heavy atom. The Kier molecular flexibility index (Phi) is 6.06. The third kappa shape index (κ3) is 4.78. The lowest BCUT2D eigenvalue weighted by atomic mass is 10.1. The maximum atomic E-state index is 5.86. The van der Waals surface area contributed by atoms with Gasteiger partial charge in [-0.05, 0) is 31.9 Å². The molecular weight excluding hydrogens is 210 g/mol. The van der Waals surface area contributed by atoms with Crippen molar-refractivity contribution in [3.05, 3.63) is 29.8 Å². The SMILES string of the molecule is CCCN[C@@H](C)c1ccccc1OCC(C)C. The Morgan fingerprint density at radius 2 is 1.88 bits per heavy atom. The lowest BCUT2D eigenvalue weighted by Crippen LogP contribution is -2.20. The molecule has 2 heteroatoms. The molecule has 1 aromatic rings. The first kappa shape index (κ1) is 14.0. The van der Waals surface area contributed by atoms with Gasteiger partial charge in [-0.15, -0.1) is 0 Å². The van der Waals surface area contributed by atoms with Crippen LogP contribution in [0.4, 0.5) is 0 Å². The molecule has 0 saturated heterocycles. The summed E-state index contributed by atoms with van der Waals surface area (Å²) in [5.41, 5.74) is 1.25. The average molecular weight is 235 g/mol. The van der Waals surface area contributed by atoms with Crippen LogP contribution in [0, 0.1) is 5.92 Å². The van der Waals surface area contributed by atoms with Crippen molar-refractivity contribution in [1.82, 2.24) is 5.32 Å². The molecule has 0 fully saturated rings. The van der Waals surface area contributed by atoms with Crippen LogP contribution < -0.4 is 10.1 Å². The molecular formula is C15H25NO. The average Bonchev–Trinajstić information content (AvgIpc) is 2.33. The molecule has 17 heavy (non-hydrogen) atoms. The number of nitrogens with one attached hydrogen (secondary N) is 1. The molecule has 0 radical (unpaired) electrons. The van der Waals surface area contributed by atoms with E-state index < -0.39 is 0 Å². The summed E-state index contributed by atoms with van der Waals surface area (Å²) in [7, 11) is 0. The quantitative estimate of drug-likeness (QED) is 0.776. The van der Waals surface area contributed by atoms with E-state index in [0.717, 1.165) is 25.3 Å². The van der Waals surface area contributed by atoms with Gasteiger partial charge >= 0.3 is 0 Å². The molecule has 0 spiro atoms. The molecule has 0 heterocycles. The lowest BCUT2D eigenvalue weighted by Gasteiger charge is -2.18. The molecule has 1 rings (SSSR count). The predicted molar refractivity (Wildman–Crippen MR) is 73.5 cm³/mol. The van der Waals surface area contributed by atoms with Crippen molar-refractivity contribution in [3.8, 4) is 5.75 Å². The van der Waals surface area contributed by atoms with Crippen LogP contribution in [0.15, 0.2) is 24.3 Å². The summed E-state index contributed by atoms with van der Waals surface area (Å²) in [5.74, 6) is 1.57. The smallest absolute Gasteiger partial charge is 0.124 e. The van der Waals surface area contributed by atoms with Crippen LogP contribution in [0.2, 0.25) is 0 Å². The van der Waals surface area contributed by atoms with E-state index in [4.69, 9.17) is 4.74 Å². The summed E-state index contributed by atoms with van der Waals surface area (Å²) in [4.78, 5) is 0. The molecule has 0 bridgehead atoms. The van der Waals surface area contributed by atoms with Gasteiger partial charge in [-0.1, -0.05) is 39.0 Å². The van der Waals surface area contributed by atoms with Gasteiger partial charge in [0.05, 0.1) is 6.61 Å². The minimum absolute atomic E-state index is 0.346. The predicted octanol–water partition coefficient (Wildman–Crippen LogP) is 3.78. The van der Waals surface area contributed by atoms with Gasteiger partial charge in [0.2, 0.25) is 0 Å². The van der Waals surface area contributed by atoms with E-state index in [1.807, 2.05) is 6.07 Å². The summed E-state index contributed by atoms with van der Waals surface area (Å²) in [5, 5.41) is 3.50. The van der Waals surface area contributed by atoms with E-state index in [9.17, 15) is 0 Å². The second-order valence-electron chi connectivity index (χ2n) is 4.92. The molecule has 0 saturated carbocycles. The minimum Gasteiger partial charge on any atom is -0.493 e. The highest BCUT2D eigenvalue weighted by molar-refractivity contribution is 5.35. The van der Waals surface area contributed by atoms with E-state index in [1.165, 1.54) is 5.56 Å². The molecule has 2 nitrogen and oxygen atoms in total. The highest BCUT2D eigenvalue weighted by Crippen LogP contribution is 2.25. The Hall–Kier alpha value is -1.02. The molecule has 0 aromatic heterocycles. The Morgan fingerprint density at radius 3 is 2.53 bits per heavy atom. The maximum absolute atomic E-state index is 5.86. The Balaban J connectivity index is 2.69. The molecule has 0 aliphatic heterocycles. The summed E-state index contributed by atoms with van der Waals surface area (Å²) in [6, 6.07) is 8.65. The summed E-state index contributed by atoms with van der Waals surface area (Å²) < 4.78 is 5.86. The van der Waals surface area contributed by atoms with Gasteiger partial charge in [0.15, 0.2) is 0 Å². The number of hydrogen-bond donors (Lipinski definition) is 1. The third-order valence-corrected chi connectivity index (χ3v) is 2.66. The minimum atomic E-state index is 0.346. The van der Waals surface area contributed by atoms with E-state index in [2.05, 4.69) is 51.2 Å². The molecule has 0 aliphatic carbocycles. The molecule has 0 aliphatic rings. The van der Waals surface area contributed by atoms with Gasteiger partial charge in [-0.3, -0.25) is 0 Å². The summed E-state index contributed by atoms with van der Waals surface area (Å²) in [6.07, 6.45) is 1.15. The fourth-order valence-electron chi connectivity index (χ4n) is 1.70. The van der Waals surface area contributed by atoms with Crippen molar-refractivity contribution >= 4 is 0 Å². The van der Waals surface area contributed by atoms with E-state index in [0.29, 0.717) is 12.0 Å². The van der Waals surface area contributed by atoms with Crippen molar-refractivity contribution in [2.24, 2.45) is 5.92 Å². The monoisotopic (exact) mass is 235 g/mol. The highest BCUT2D eigenvalue weighted by atomic mass is 16.5. The zero-order chi connectivity index (χ0) is 12.7. The van der Waals surface area contributed by atoms with Crippen LogP contribution in [0.5, 0.6) is 5.75 Å². The number of hydrogen-bond acceptors (Lipinski definition) is 2. The maximum Gasteiger partial charge on any atom is 0.124 e. The van der Waals surface area contributed by atoms with Crippen molar-refractivity contribution in [2.75, 3.05) is 13.2 Å². The molecule has 1 N–H and O–H groups in total. The molecule has 0 amide bonds. The lowest BCUT2D eigenvalue weighted by molar-refractivity contribution is 0.266. The zero-order valence-electron chi connectivity index (χ0n) is 11.5. The number of para-hydroxylation sites is 1. The molecule has 0 unspecified atom stereocenters. The van der Waals surface area contributed by atoms with Gasteiger partial charge < -0.3 is 10.1 Å². The number of rotatable bonds is 7. The Labute approximate surface area is 105 Å². The van der Waals surface area contributed by atoms with Gasteiger partial charge in [0.1, 0.15) is 5.75 Å². The first-order chi connectivity index (χ1) is 8.15. The number of benzene rings is 1. The largest absolute Gasteiger partial charge is 0.493 e. The van der Waals surface area contributed by atoms with Crippen molar-refractivity contribution in [1.29, 1.82) is 0 Å². The van der Waals surface area contributed by atoms with Crippen LogP contribution >= 0.6 is 0 Å². The number of ether oxygens (including phenoxy) is 1. The van der Waals surface area contributed by atoms with Gasteiger partial charge in [0, 0.05) is 11.6 Å². The fourth-order valence-corrected chi connectivity index (χ4v) is 1.70. The second kappa shape index (κ2) is 7.33. The van der Waals surface area contributed by atoms with Gasteiger partial charge in [-0.25, -0.2) is 0 Å². The zero-order valence-corrected chi connectivity index (χ0v) is 11.5. The van der Waals surface area contributed by atoms with E-state index >= 15 is 0 Å². The molecule has 1 atom stereocenters. The molecule has 96 valence electrons. The summed E-state index contributed by atoms with van der Waals surface area (Å²) in [6.45, 7) is 10.5.